The van der Waals surface area contributed by atoms with Crippen LogP contribution in [0.5, 0.6) is 0 Å². The first-order valence-corrected chi connectivity index (χ1v) is 12.4. The molecule has 0 spiro atoms. The lowest BCUT2D eigenvalue weighted by molar-refractivity contribution is -0.122. The van der Waals surface area contributed by atoms with Crippen molar-refractivity contribution in [3.63, 3.8) is 0 Å². The number of carbonyl (C=O) groups excluding carboxylic acids is 1. The van der Waals surface area contributed by atoms with E-state index in [4.69, 9.17) is 28.8 Å². The fourth-order valence-electron chi connectivity index (χ4n) is 4.17. The van der Waals surface area contributed by atoms with E-state index in [1.165, 1.54) is 21.1 Å². The minimum atomic E-state index is -0.241. The SMILES string of the molecule is O=C1C(=Cc2c(NC3CCCC3)nc3ccccn3c2=O)SC(=S)N1Cc1ccccc1Cl. The highest BCUT2D eigenvalue weighted by atomic mass is 35.5. The van der Waals surface area contributed by atoms with E-state index in [1.54, 1.807) is 30.5 Å². The van der Waals surface area contributed by atoms with Crippen LogP contribution in [-0.4, -0.2) is 30.6 Å². The molecule has 2 fully saturated rings. The normalized spacial score (nSPS) is 18.1. The molecule has 5 rings (SSSR count). The van der Waals surface area contributed by atoms with Crippen LogP contribution in [0.2, 0.25) is 5.02 Å². The lowest BCUT2D eigenvalue weighted by Crippen LogP contribution is -2.28. The van der Waals surface area contributed by atoms with Gasteiger partial charge in [-0.15, -0.1) is 0 Å². The zero-order valence-corrected chi connectivity index (χ0v) is 20.1. The fraction of sp³-hybridized carbons (Fsp3) is 0.250. The summed E-state index contributed by atoms with van der Waals surface area (Å²) in [6.45, 7) is 0.282. The summed E-state index contributed by atoms with van der Waals surface area (Å²) >= 11 is 12.9. The van der Waals surface area contributed by atoms with E-state index >= 15 is 0 Å². The van der Waals surface area contributed by atoms with Crippen molar-refractivity contribution < 1.29 is 4.79 Å². The minimum Gasteiger partial charge on any atom is -0.367 e. The number of anilines is 1. The molecule has 2 aliphatic rings. The molecule has 9 heteroatoms. The molecule has 0 unspecified atom stereocenters. The number of nitrogens with zero attached hydrogens (tertiary/aromatic N) is 3. The Balaban J connectivity index is 1.53. The smallest absolute Gasteiger partial charge is 0.267 e. The molecule has 1 saturated carbocycles. The molecule has 1 saturated heterocycles. The summed E-state index contributed by atoms with van der Waals surface area (Å²) in [6.07, 6.45) is 7.69. The maximum absolute atomic E-state index is 13.4. The van der Waals surface area contributed by atoms with Crippen LogP contribution in [0.4, 0.5) is 5.82 Å². The van der Waals surface area contributed by atoms with Crippen molar-refractivity contribution in [1.82, 2.24) is 14.3 Å². The van der Waals surface area contributed by atoms with Crippen LogP contribution < -0.4 is 10.9 Å². The Morgan fingerprint density at radius 1 is 1.15 bits per heavy atom. The summed E-state index contributed by atoms with van der Waals surface area (Å²) in [5.41, 5.74) is 1.51. The Bertz CT molecular complexity index is 1350. The number of benzene rings is 1. The number of hydrogen-bond donors (Lipinski definition) is 1. The van der Waals surface area contributed by atoms with E-state index in [1.807, 2.05) is 24.3 Å². The molecule has 0 radical (unpaired) electrons. The summed E-state index contributed by atoms with van der Waals surface area (Å²) < 4.78 is 1.93. The van der Waals surface area contributed by atoms with Gasteiger partial charge in [-0.1, -0.05) is 72.7 Å². The molecule has 0 bridgehead atoms. The van der Waals surface area contributed by atoms with Crippen LogP contribution in [0.25, 0.3) is 11.7 Å². The highest BCUT2D eigenvalue weighted by Crippen LogP contribution is 2.35. The van der Waals surface area contributed by atoms with Crippen molar-refractivity contribution in [3.8, 4) is 0 Å². The lowest BCUT2D eigenvalue weighted by atomic mass is 10.2. The molecule has 168 valence electrons. The van der Waals surface area contributed by atoms with Crippen LogP contribution in [0.3, 0.4) is 0 Å². The second-order valence-electron chi connectivity index (χ2n) is 8.09. The molecule has 3 heterocycles. The van der Waals surface area contributed by atoms with Crippen LogP contribution in [0.15, 0.2) is 58.4 Å². The number of hydrogen-bond acceptors (Lipinski definition) is 6. The number of thioether (sulfide) groups is 1. The molecule has 3 aromatic rings. The first kappa shape index (κ1) is 22.1. The van der Waals surface area contributed by atoms with Gasteiger partial charge in [0.05, 0.1) is 17.0 Å². The summed E-state index contributed by atoms with van der Waals surface area (Å²) in [5, 5.41) is 4.03. The Hall–Kier alpha value is -2.68. The number of aromatic nitrogens is 2. The molecule has 1 N–H and O–H groups in total. The summed E-state index contributed by atoms with van der Waals surface area (Å²) in [6, 6.07) is 13.1. The Labute approximate surface area is 205 Å². The molecule has 6 nitrogen and oxygen atoms in total. The Morgan fingerprint density at radius 3 is 2.70 bits per heavy atom. The predicted molar refractivity (Wildman–Crippen MR) is 138 cm³/mol. The number of amides is 1. The van der Waals surface area contributed by atoms with Gasteiger partial charge in [0, 0.05) is 17.3 Å². The summed E-state index contributed by atoms with van der Waals surface area (Å²) in [4.78, 5) is 33.2. The number of pyridine rings is 1. The van der Waals surface area contributed by atoms with E-state index in [0.717, 1.165) is 31.2 Å². The summed E-state index contributed by atoms with van der Waals surface area (Å²) in [7, 11) is 0. The highest BCUT2D eigenvalue weighted by molar-refractivity contribution is 8.26. The standard InChI is InChI=1S/C24H21ClN4O2S2/c25-18-10-4-1-7-15(18)14-29-23(31)19(33-24(29)32)13-17-21(26-16-8-2-3-9-16)27-20-11-5-6-12-28(20)22(17)30/h1,4-7,10-13,16,26H,2-3,8-9,14H2. The van der Waals surface area contributed by atoms with Crippen molar-refractivity contribution in [3.05, 3.63) is 80.1 Å². The van der Waals surface area contributed by atoms with Crippen molar-refractivity contribution in [1.29, 1.82) is 0 Å². The maximum atomic E-state index is 13.4. The minimum absolute atomic E-state index is 0.225. The van der Waals surface area contributed by atoms with Crippen molar-refractivity contribution >= 4 is 63.3 Å². The third-order valence-electron chi connectivity index (χ3n) is 5.90. The van der Waals surface area contributed by atoms with Crippen LogP contribution in [0, 0.1) is 0 Å². The molecule has 1 aromatic carbocycles. The van der Waals surface area contributed by atoms with E-state index < -0.39 is 0 Å². The average Bonchev–Trinajstić information content (AvgIpc) is 3.41. The van der Waals surface area contributed by atoms with E-state index in [9.17, 15) is 9.59 Å². The van der Waals surface area contributed by atoms with Gasteiger partial charge in [0.2, 0.25) is 0 Å². The largest absolute Gasteiger partial charge is 0.367 e. The zero-order valence-electron chi connectivity index (χ0n) is 17.7. The lowest BCUT2D eigenvalue weighted by Gasteiger charge is -2.16. The quantitative estimate of drug-likeness (QED) is 0.391. The molecule has 2 aromatic heterocycles. The molecular formula is C24H21ClN4O2S2. The Morgan fingerprint density at radius 2 is 1.91 bits per heavy atom. The van der Waals surface area contributed by atoms with Crippen LogP contribution in [0.1, 0.15) is 36.8 Å². The molecule has 1 aliphatic carbocycles. The van der Waals surface area contributed by atoms with E-state index in [0.29, 0.717) is 31.3 Å². The van der Waals surface area contributed by atoms with Gasteiger partial charge in [-0.2, -0.15) is 0 Å². The third-order valence-corrected chi connectivity index (χ3v) is 7.65. The topological polar surface area (TPSA) is 66.7 Å². The van der Waals surface area contributed by atoms with Gasteiger partial charge >= 0.3 is 0 Å². The highest BCUT2D eigenvalue weighted by Gasteiger charge is 2.33. The molecule has 1 aliphatic heterocycles. The number of halogens is 1. The van der Waals surface area contributed by atoms with E-state index in [2.05, 4.69) is 5.32 Å². The second-order valence-corrected chi connectivity index (χ2v) is 10.2. The monoisotopic (exact) mass is 496 g/mol. The van der Waals surface area contributed by atoms with Crippen molar-refractivity contribution in [2.45, 2.75) is 38.3 Å². The molecule has 33 heavy (non-hydrogen) atoms. The van der Waals surface area contributed by atoms with Gasteiger partial charge < -0.3 is 5.32 Å². The van der Waals surface area contributed by atoms with Gasteiger partial charge in [0.1, 0.15) is 15.8 Å². The van der Waals surface area contributed by atoms with E-state index in [-0.39, 0.29) is 24.1 Å². The second kappa shape index (κ2) is 9.29. The Kier molecular flexibility index (Phi) is 6.23. The average molecular weight is 497 g/mol. The van der Waals surface area contributed by atoms with Crippen LogP contribution >= 0.6 is 35.6 Å². The number of rotatable bonds is 5. The van der Waals surface area contributed by atoms with Gasteiger partial charge in [0.15, 0.2) is 0 Å². The number of fused-ring (bicyclic) bond motifs is 1. The zero-order chi connectivity index (χ0) is 22.9. The van der Waals surface area contributed by atoms with Crippen molar-refractivity contribution in [2.24, 2.45) is 0 Å². The van der Waals surface area contributed by atoms with Gasteiger partial charge in [0.25, 0.3) is 11.5 Å². The van der Waals surface area contributed by atoms with Gasteiger partial charge in [-0.25, -0.2) is 4.98 Å². The maximum Gasteiger partial charge on any atom is 0.267 e. The predicted octanol–water partition coefficient (Wildman–Crippen LogP) is 5.10. The third kappa shape index (κ3) is 4.43. The first-order valence-electron chi connectivity index (χ1n) is 10.8. The molecule has 1 amide bonds. The summed E-state index contributed by atoms with van der Waals surface area (Å²) in [5.74, 6) is 0.267. The molecular weight excluding hydrogens is 476 g/mol. The fourth-order valence-corrected chi connectivity index (χ4v) is 5.60. The van der Waals surface area contributed by atoms with Crippen molar-refractivity contribution in [2.75, 3.05) is 5.32 Å². The van der Waals surface area contributed by atoms with Crippen LogP contribution in [-0.2, 0) is 11.3 Å². The van der Waals surface area contributed by atoms with Gasteiger partial charge in [-0.3, -0.25) is 18.9 Å². The first-order chi connectivity index (χ1) is 16.0. The number of thiocarbonyl (C=S) groups is 1. The van der Waals surface area contributed by atoms with Gasteiger partial charge in [-0.05, 0) is 42.7 Å². The number of nitrogens with one attached hydrogen (secondary N) is 1. The molecule has 0 atom stereocenters. The number of carbonyl (C=O) groups is 1.